The van der Waals surface area contributed by atoms with Crippen LogP contribution in [0.15, 0.2) is 40.9 Å². The highest BCUT2D eigenvalue weighted by Crippen LogP contribution is 2.34. The Hall–Kier alpha value is -2.45. The van der Waals surface area contributed by atoms with Gasteiger partial charge in [-0.05, 0) is 43.7 Å². The van der Waals surface area contributed by atoms with Crippen molar-refractivity contribution in [3.63, 3.8) is 0 Å². The summed E-state index contributed by atoms with van der Waals surface area (Å²) >= 11 is 3.33. The average Bonchev–Trinajstić information content (AvgIpc) is 2.75. The molecule has 1 saturated heterocycles. The van der Waals surface area contributed by atoms with E-state index in [1.807, 2.05) is 6.92 Å². The van der Waals surface area contributed by atoms with Gasteiger partial charge >= 0.3 is 0 Å². The number of piperazine rings is 1. The van der Waals surface area contributed by atoms with Crippen molar-refractivity contribution in [2.75, 3.05) is 26.8 Å². The highest BCUT2D eigenvalue weighted by atomic mass is 79.9. The van der Waals surface area contributed by atoms with Crippen LogP contribution >= 0.6 is 15.9 Å². The molecule has 0 saturated carbocycles. The highest BCUT2D eigenvalue weighted by Gasteiger charge is 2.32. The van der Waals surface area contributed by atoms with Crippen LogP contribution in [0.2, 0.25) is 0 Å². The first kappa shape index (κ1) is 23.2. The van der Waals surface area contributed by atoms with Gasteiger partial charge in [0.05, 0.1) is 12.7 Å². The van der Waals surface area contributed by atoms with Gasteiger partial charge < -0.3 is 14.4 Å². The van der Waals surface area contributed by atoms with Gasteiger partial charge in [-0.15, -0.1) is 0 Å². The second-order valence-corrected chi connectivity index (χ2v) is 8.65. The van der Waals surface area contributed by atoms with Crippen molar-refractivity contribution in [1.82, 2.24) is 9.80 Å². The number of carbonyl (C=O) groups is 2. The molecule has 1 fully saturated rings. The van der Waals surface area contributed by atoms with Crippen LogP contribution in [-0.4, -0.2) is 60.9 Å². The molecule has 8 heteroatoms. The molecule has 1 amide bonds. The lowest BCUT2D eigenvalue weighted by atomic mass is 10.1. The summed E-state index contributed by atoms with van der Waals surface area (Å²) in [5.41, 5.74) is 1.34. The number of hydrogen-bond donors (Lipinski definition) is 0. The maximum absolute atomic E-state index is 13.2. The molecule has 0 radical (unpaired) electrons. The Morgan fingerprint density at radius 2 is 1.90 bits per heavy atom. The molecule has 6 nitrogen and oxygen atoms in total. The van der Waals surface area contributed by atoms with E-state index in [1.165, 1.54) is 19.2 Å². The number of ether oxygens (including phenoxy) is 2. The molecule has 3 rings (SSSR count). The van der Waals surface area contributed by atoms with Crippen LogP contribution in [0.1, 0.15) is 29.8 Å². The third kappa shape index (κ3) is 5.62. The van der Waals surface area contributed by atoms with E-state index in [9.17, 15) is 14.0 Å². The third-order valence-electron chi connectivity index (χ3n) is 5.47. The summed E-state index contributed by atoms with van der Waals surface area (Å²) in [4.78, 5) is 28.4. The summed E-state index contributed by atoms with van der Waals surface area (Å²) in [7, 11) is 1.48. The molecule has 1 heterocycles. The topological polar surface area (TPSA) is 59.1 Å². The zero-order valence-corrected chi connectivity index (χ0v) is 19.4. The van der Waals surface area contributed by atoms with Gasteiger partial charge in [0.1, 0.15) is 5.82 Å². The molecular weight excluding hydrogens is 467 g/mol. The number of halogens is 2. The Bertz CT molecular complexity index is 938. The van der Waals surface area contributed by atoms with E-state index in [-0.39, 0.29) is 36.2 Å². The van der Waals surface area contributed by atoms with Gasteiger partial charge in [0, 0.05) is 36.2 Å². The fraction of sp³-hybridized carbons (Fsp3) is 0.391. The minimum atomic E-state index is -0.249. The fourth-order valence-electron chi connectivity index (χ4n) is 3.79. The fourth-order valence-corrected chi connectivity index (χ4v) is 4.24. The zero-order valence-electron chi connectivity index (χ0n) is 17.8. The number of nitrogens with zero attached hydrogens (tertiary/aromatic N) is 2. The molecule has 2 unspecified atom stereocenters. The molecule has 0 aliphatic carbocycles. The maximum Gasteiger partial charge on any atom is 0.260 e. The van der Waals surface area contributed by atoms with Gasteiger partial charge in [0.15, 0.2) is 24.4 Å². The minimum absolute atomic E-state index is 0.00916. The Morgan fingerprint density at radius 1 is 1.19 bits per heavy atom. The van der Waals surface area contributed by atoms with Crippen LogP contribution in [0.3, 0.4) is 0 Å². The van der Waals surface area contributed by atoms with E-state index >= 15 is 0 Å². The molecule has 0 bridgehead atoms. The lowest BCUT2D eigenvalue weighted by Crippen LogP contribution is -2.58. The predicted octanol–water partition coefficient (Wildman–Crippen LogP) is 3.91. The zero-order chi connectivity index (χ0) is 22.5. The monoisotopic (exact) mass is 492 g/mol. The van der Waals surface area contributed by atoms with E-state index in [2.05, 4.69) is 27.8 Å². The molecule has 1 aliphatic heterocycles. The van der Waals surface area contributed by atoms with Crippen LogP contribution < -0.4 is 9.47 Å². The smallest absolute Gasteiger partial charge is 0.260 e. The molecule has 31 heavy (non-hydrogen) atoms. The Balaban J connectivity index is 1.63. The molecule has 0 spiro atoms. The minimum Gasteiger partial charge on any atom is -0.493 e. The second kappa shape index (κ2) is 10.2. The lowest BCUT2D eigenvalue weighted by molar-refractivity contribution is -0.139. The van der Waals surface area contributed by atoms with Gasteiger partial charge in [0.2, 0.25) is 0 Å². The summed E-state index contributed by atoms with van der Waals surface area (Å²) in [5.74, 6) is 0.239. The SMILES string of the molecule is COc1cc(Br)cc(C=O)c1OCC(=O)N1CC(C)N(Cc2ccc(F)cc2)CC1C. The molecular formula is C23H26BrFN2O4. The van der Waals surface area contributed by atoms with Crippen molar-refractivity contribution < 1.29 is 23.5 Å². The number of hydrogen-bond acceptors (Lipinski definition) is 5. The first-order valence-corrected chi connectivity index (χ1v) is 10.8. The summed E-state index contributed by atoms with van der Waals surface area (Å²) in [5, 5.41) is 0. The lowest BCUT2D eigenvalue weighted by Gasteiger charge is -2.44. The Morgan fingerprint density at radius 3 is 2.55 bits per heavy atom. The van der Waals surface area contributed by atoms with Crippen LogP contribution in [-0.2, 0) is 11.3 Å². The van der Waals surface area contributed by atoms with Gasteiger partial charge in [-0.3, -0.25) is 14.5 Å². The summed E-state index contributed by atoms with van der Waals surface area (Å²) in [6, 6.07) is 9.93. The van der Waals surface area contributed by atoms with Gasteiger partial charge in [-0.2, -0.15) is 0 Å². The van der Waals surface area contributed by atoms with E-state index < -0.39 is 0 Å². The van der Waals surface area contributed by atoms with Crippen LogP contribution in [0.5, 0.6) is 11.5 Å². The van der Waals surface area contributed by atoms with Crippen molar-refractivity contribution in [3.05, 3.63) is 57.8 Å². The average molecular weight is 493 g/mol. The number of benzene rings is 2. The van der Waals surface area contributed by atoms with Crippen LogP contribution in [0.4, 0.5) is 4.39 Å². The molecule has 166 valence electrons. The van der Waals surface area contributed by atoms with Crippen molar-refractivity contribution in [2.45, 2.75) is 32.5 Å². The molecule has 2 atom stereocenters. The normalized spacial score (nSPS) is 19.2. The number of rotatable bonds is 7. The van der Waals surface area contributed by atoms with Crippen molar-refractivity contribution in [3.8, 4) is 11.5 Å². The predicted molar refractivity (Wildman–Crippen MR) is 119 cm³/mol. The van der Waals surface area contributed by atoms with E-state index in [0.29, 0.717) is 41.7 Å². The summed E-state index contributed by atoms with van der Waals surface area (Å²) < 4.78 is 24.9. The Labute approximate surface area is 190 Å². The third-order valence-corrected chi connectivity index (χ3v) is 5.93. The summed E-state index contributed by atoms with van der Waals surface area (Å²) in [6.07, 6.45) is 0.673. The number of amides is 1. The van der Waals surface area contributed by atoms with Crippen LogP contribution in [0.25, 0.3) is 0 Å². The van der Waals surface area contributed by atoms with Crippen LogP contribution in [0, 0.1) is 5.82 Å². The van der Waals surface area contributed by atoms with E-state index in [4.69, 9.17) is 9.47 Å². The largest absolute Gasteiger partial charge is 0.493 e. The molecule has 1 aliphatic rings. The first-order chi connectivity index (χ1) is 14.8. The van der Waals surface area contributed by atoms with Crippen molar-refractivity contribution >= 4 is 28.1 Å². The quantitative estimate of drug-likeness (QED) is 0.548. The second-order valence-electron chi connectivity index (χ2n) is 7.73. The Kier molecular flexibility index (Phi) is 7.67. The van der Waals surface area contributed by atoms with E-state index in [0.717, 1.165) is 5.56 Å². The van der Waals surface area contributed by atoms with Crippen molar-refractivity contribution in [1.29, 1.82) is 0 Å². The van der Waals surface area contributed by atoms with Crippen molar-refractivity contribution in [2.24, 2.45) is 0 Å². The van der Waals surface area contributed by atoms with Gasteiger partial charge in [0.25, 0.3) is 5.91 Å². The van der Waals surface area contributed by atoms with Gasteiger partial charge in [-0.25, -0.2) is 4.39 Å². The molecule has 2 aromatic carbocycles. The summed E-state index contributed by atoms with van der Waals surface area (Å²) in [6.45, 7) is 5.84. The number of methoxy groups -OCH3 is 1. The van der Waals surface area contributed by atoms with Gasteiger partial charge in [-0.1, -0.05) is 28.1 Å². The maximum atomic E-state index is 13.2. The number of aldehydes is 1. The molecule has 0 aromatic heterocycles. The van der Waals surface area contributed by atoms with E-state index in [1.54, 1.807) is 29.2 Å². The number of carbonyl (C=O) groups excluding carboxylic acids is 2. The molecule has 0 N–H and O–H groups in total. The standard InChI is InChI=1S/C23H26BrFN2O4/c1-15-11-27(16(2)10-26(15)12-17-4-6-20(25)7-5-17)22(29)14-31-23-18(13-28)8-19(24)9-21(23)30-3/h4-9,13,15-16H,10-12,14H2,1-3H3. The highest BCUT2D eigenvalue weighted by molar-refractivity contribution is 9.10. The first-order valence-electron chi connectivity index (χ1n) is 10.1. The molecule has 2 aromatic rings.